The summed E-state index contributed by atoms with van der Waals surface area (Å²) in [5, 5.41) is 3.20. The van der Waals surface area contributed by atoms with E-state index < -0.39 is 0 Å². The van der Waals surface area contributed by atoms with E-state index in [2.05, 4.69) is 15.3 Å². The van der Waals surface area contributed by atoms with Crippen LogP contribution in [0.15, 0.2) is 36.7 Å². The first-order chi connectivity index (χ1) is 8.24. The fraction of sp³-hybridized carbons (Fsp3) is 0.231. The summed E-state index contributed by atoms with van der Waals surface area (Å²) in [6.07, 6.45) is 3.48. The third-order valence-corrected chi connectivity index (χ3v) is 2.36. The summed E-state index contributed by atoms with van der Waals surface area (Å²) in [5.74, 6) is -0.209. The Morgan fingerprint density at radius 1 is 1.18 bits per heavy atom. The molecular weight excluding hydrogens is 217 g/mol. The van der Waals surface area contributed by atoms with Crippen LogP contribution in [0.4, 0.5) is 4.39 Å². The summed E-state index contributed by atoms with van der Waals surface area (Å²) in [7, 11) is 0. The summed E-state index contributed by atoms with van der Waals surface area (Å²) >= 11 is 0. The molecule has 0 aliphatic carbocycles. The summed E-state index contributed by atoms with van der Waals surface area (Å²) < 4.78 is 12.9. The quantitative estimate of drug-likeness (QED) is 0.876. The van der Waals surface area contributed by atoms with Crippen molar-refractivity contribution in [2.24, 2.45) is 0 Å². The smallest absolute Gasteiger partial charge is 0.123 e. The number of aryl methyl sites for hydroxylation is 1. The average molecular weight is 231 g/mol. The second-order valence-corrected chi connectivity index (χ2v) is 3.88. The first-order valence-corrected chi connectivity index (χ1v) is 5.47. The minimum Gasteiger partial charge on any atom is -0.307 e. The van der Waals surface area contributed by atoms with Gasteiger partial charge in [-0.25, -0.2) is 4.39 Å². The largest absolute Gasteiger partial charge is 0.307 e. The maximum absolute atomic E-state index is 12.9. The third-order valence-electron chi connectivity index (χ3n) is 2.36. The Morgan fingerprint density at radius 2 is 2.06 bits per heavy atom. The van der Waals surface area contributed by atoms with Crippen LogP contribution in [0.3, 0.4) is 0 Å². The fourth-order valence-electron chi connectivity index (χ4n) is 1.49. The molecule has 3 nitrogen and oxygen atoms in total. The molecule has 0 amide bonds. The van der Waals surface area contributed by atoms with Gasteiger partial charge in [-0.15, -0.1) is 0 Å². The Hall–Kier alpha value is -1.81. The van der Waals surface area contributed by atoms with Crippen LogP contribution < -0.4 is 5.32 Å². The molecule has 0 aliphatic rings. The average Bonchev–Trinajstić information content (AvgIpc) is 2.32. The molecule has 0 unspecified atom stereocenters. The number of hydrogen-bond donors (Lipinski definition) is 1. The first-order valence-electron chi connectivity index (χ1n) is 5.47. The topological polar surface area (TPSA) is 37.8 Å². The highest BCUT2D eigenvalue weighted by Crippen LogP contribution is 2.03. The van der Waals surface area contributed by atoms with Crippen LogP contribution in [0.2, 0.25) is 0 Å². The van der Waals surface area contributed by atoms with E-state index in [9.17, 15) is 4.39 Å². The lowest BCUT2D eigenvalue weighted by molar-refractivity contribution is 0.619. The van der Waals surface area contributed by atoms with Crippen molar-refractivity contribution in [1.29, 1.82) is 0 Å². The minimum atomic E-state index is -0.209. The molecule has 2 rings (SSSR count). The van der Waals surface area contributed by atoms with Gasteiger partial charge in [0, 0.05) is 25.5 Å². The molecule has 1 heterocycles. The van der Waals surface area contributed by atoms with Gasteiger partial charge in [-0.1, -0.05) is 12.1 Å². The first kappa shape index (κ1) is 11.7. The van der Waals surface area contributed by atoms with E-state index in [1.54, 1.807) is 18.5 Å². The number of rotatable bonds is 4. The molecular formula is C13H14FN3. The zero-order valence-electron chi connectivity index (χ0n) is 9.65. The molecule has 4 heteroatoms. The zero-order valence-corrected chi connectivity index (χ0v) is 9.65. The molecule has 0 aliphatic heterocycles. The van der Waals surface area contributed by atoms with Crippen molar-refractivity contribution in [3.05, 3.63) is 59.4 Å². The second kappa shape index (κ2) is 5.50. The number of aromatic nitrogens is 2. The monoisotopic (exact) mass is 231 g/mol. The molecule has 0 atom stereocenters. The van der Waals surface area contributed by atoms with Crippen molar-refractivity contribution in [3.8, 4) is 0 Å². The summed E-state index contributed by atoms with van der Waals surface area (Å²) in [4.78, 5) is 8.38. The van der Waals surface area contributed by atoms with Crippen molar-refractivity contribution in [2.75, 3.05) is 0 Å². The molecule has 88 valence electrons. The van der Waals surface area contributed by atoms with Gasteiger partial charge in [0.05, 0.1) is 11.4 Å². The summed E-state index contributed by atoms with van der Waals surface area (Å²) in [6, 6.07) is 6.55. The van der Waals surface area contributed by atoms with Crippen LogP contribution in [0.25, 0.3) is 0 Å². The molecule has 0 saturated carbocycles. The van der Waals surface area contributed by atoms with Gasteiger partial charge >= 0.3 is 0 Å². The normalized spacial score (nSPS) is 10.5. The number of nitrogens with one attached hydrogen (secondary N) is 1. The second-order valence-electron chi connectivity index (χ2n) is 3.88. The van der Waals surface area contributed by atoms with Gasteiger partial charge in [0.25, 0.3) is 0 Å². The summed E-state index contributed by atoms with van der Waals surface area (Å²) in [6.45, 7) is 3.15. The number of benzene rings is 1. The fourth-order valence-corrected chi connectivity index (χ4v) is 1.49. The van der Waals surface area contributed by atoms with Crippen LogP contribution in [0.1, 0.15) is 17.0 Å². The van der Waals surface area contributed by atoms with Gasteiger partial charge in [0.2, 0.25) is 0 Å². The standard InChI is InChI=1S/C13H14FN3/c1-10-6-17-13(9-16-10)8-15-7-11-3-2-4-12(14)5-11/h2-6,9,15H,7-8H2,1H3. The predicted octanol–water partition coefficient (Wildman–Crippen LogP) is 2.21. The van der Waals surface area contributed by atoms with Crippen molar-refractivity contribution in [2.45, 2.75) is 20.0 Å². The Kier molecular flexibility index (Phi) is 3.77. The maximum atomic E-state index is 12.9. The Balaban J connectivity index is 1.85. The lowest BCUT2D eigenvalue weighted by Gasteiger charge is -2.04. The highest BCUT2D eigenvalue weighted by atomic mass is 19.1. The Morgan fingerprint density at radius 3 is 2.76 bits per heavy atom. The lowest BCUT2D eigenvalue weighted by atomic mass is 10.2. The van der Waals surface area contributed by atoms with Gasteiger partial charge in [-0.05, 0) is 24.6 Å². The van der Waals surface area contributed by atoms with Crippen molar-refractivity contribution >= 4 is 0 Å². The number of hydrogen-bond acceptors (Lipinski definition) is 3. The predicted molar refractivity (Wildman–Crippen MR) is 63.7 cm³/mol. The van der Waals surface area contributed by atoms with Crippen LogP contribution in [0, 0.1) is 12.7 Å². The van der Waals surface area contributed by atoms with Crippen molar-refractivity contribution in [3.63, 3.8) is 0 Å². The summed E-state index contributed by atoms with van der Waals surface area (Å²) in [5.41, 5.74) is 2.70. The van der Waals surface area contributed by atoms with Gasteiger partial charge in [-0.2, -0.15) is 0 Å². The molecule has 1 aromatic heterocycles. The van der Waals surface area contributed by atoms with Crippen LogP contribution in [0.5, 0.6) is 0 Å². The van der Waals surface area contributed by atoms with Crippen molar-refractivity contribution in [1.82, 2.24) is 15.3 Å². The number of nitrogens with zero attached hydrogens (tertiary/aromatic N) is 2. The van der Waals surface area contributed by atoms with Crippen molar-refractivity contribution < 1.29 is 4.39 Å². The molecule has 1 aromatic carbocycles. The molecule has 0 radical (unpaired) electrons. The SMILES string of the molecule is Cc1cnc(CNCc2cccc(F)c2)cn1. The third kappa shape index (κ3) is 3.60. The van der Waals surface area contributed by atoms with E-state index in [0.717, 1.165) is 17.0 Å². The van der Waals surface area contributed by atoms with Gasteiger partial charge in [0.15, 0.2) is 0 Å². The maximum Gasteiger partial charge on any atom is 0.123 e. The van der Waals surface area contributed by atoms with E-state index >= 15 is 0 Å². The van der Waals surface area contributed by atoms with Crippen LogP contribution in [-0.4, -0.2) is 9.97 Å². The highest BCUT2D eigenvalue weighted by Gasteiger charge is 1.97. The lowest BCUT2D eigenvalue weighted by Crippen LogP contribution is -2.14. The van der Waals surface area contributed by atoms with E-state index in [0.29, 0.717) is 13.1 Å². The molecule has 0 spiro atoms. The molecule has 17 heavy (non-hydrogen) atoms. The van der Waals surface area contributed by atoms with E-state index in [-0.39, 0.29) is 5.82 Å². The molecule has 0 fully saturated rings. The van der Waals surface area contributed by atoms with E-state index in [4.69, 9.17) is 0 Å². The Bertz CT molecular complexity index is 482. The van der Waals surface area contributed by atoms with Gasteiger partial charge < -0.3 is 5.32 Å². The zero-order chi connectivity index (χ0) is 12.1. The molecule has 0 bridgehead atoms. The van der Waals surface area contributed by atoms with Crippen LogP contribution in [-0.2, 0) is 13.1 Å². The molecule has 1 N–H and O–H groups in total. The Labute approximate surface area is 99.7 Å². The number of halogens is 1. The van der Waals surface area contributed by atoms with Gasteiger partial charge in [-0.3, -0.25) is 9.97 Å². The van der Waals surface area contributed by atoms with E-state index in [1.807, 2.05) is 13.0 Å². The highest BCUT2D eigenvalue weighted by molar-refractivity contribution is 5.16. The van der Waals surface area contributed by atoms with Gasteiger partial charge in [0.1, 0.15) is 5.82 Å². The van der Waals surface area contributed by atoms with Crippen LogP contribution >= 0.6 is 0 Å². The van der Waals surface area contributed by atoms with E-state index in [1.165, 1.54) is 12.1 Å². The molecule has 2 aromatic rings. The molecule has 0 saturated heterocycles. The minimum absolute atomic E-state index is 0.209.